The van der Waals surface area contributed by atoms with Crippen LogP contribution in [-0.2, 0) is 11.2 Å². The molecule has 1 atom stereocenters. The van der Waals surface area contributed by atoms with Gasteiger partial charge in [-0.1, -0.05) is 24.9 Å². The largest absolute Gasteiger partial charge is 0.493 e. The van der Waals surface area contributed by atoms with Crippen molar-refractivity contribution in [3.8, 4) is 34.5 Å². The lowest BCUT2D eigenvalue weighted by molar-refractivity contribution is -0.128. The van der Waals surface area contributed by atoms with Gasteiger partial charge in [0.2, 0.25) is 17.6 Å². The van der Waals surface area contributed by atoms with Gasteiger partial charge in [0.15, 0.2) is 0 Å². The Balaban J connectivity index is 1.49. The van der Waals surface area contributed by atoms with Gasteiger partial charge >= 0.3 is 0 Å². The first kappa shape index (κ1) is 26.6. The highest BCUT2D eigenvalue weighted by Crippen LogP contribution is 2.36. The summed E-state index contributed by atoms with van der Waals surface area (Å²) in [6, 6.07) is 7.90. The van der Waals surface area contributed by atoms with Crippen molar-refractivity contribution in [2.45, 2.75) is 71.3 Å². The Bertz CT molecular complexity index is 1220. The number of nitrogens with zero attached hydrogens (tertiary/aromatic N) is 3. The van der Waals surface area contributed by atoms with Gasteiger partial charge in [0.25, 0.3) is 5.89 Å². The number of amides is 1. The second kappa shape index (κ2) is 12.2. The molecule has 1 aliphatic carbocycles. The van der Waals surface area contributed by atoms with Gasteiger partial charge in [0.1, 0.15) is 11.9 Å². The molecular weight excluding hydrogens is 472 g/mol. The van der Waals surface area contributed by atoms with E-state index in [1.54, 1.807) is 7.11 Å². The summed E-state index contributed by atoms with van der Waals surface area (Å²) in [5, 5.41) is 16.2. The van der Waals surface area contributed by atoms with Crippen molar-refractivity contribution >= 4 is 5.91 Å². The number of benzene rings is 1. The minimum atomic E-state index is -1.01. The summed E-state index contributed by atoms with van der Waals surface area (Å²) in [5.74, 6) is 2.39. The molecule has 1 aliphatic rings. The van der Waals surface area contributed by atoms with Crippen molar-refractivity contribution < 1.29 is 23.9 Å². The van der Waals surface area contributed by atoms with Gasteiger partial charge in [-0.15, -0.1) is 0 Å². The van der Waals surface area contributed by atoms with Crippen molar-refractivity contribution in [1.29, 1.82) is 0 Å². The Labute approximate surface area is 217 Å². The number of ether oxygens (including phenoxy) is 2. The van der Waals surface area contributed by atoms with Crippen LogP contribution in [0.15, 0.2) is 28.8 Å². The third kappa shape index (κ3) is 6.46. The van der Waals surface area contributed by atoms with Crippen LogP contribution in [0.1, 0.15) is 68.7 Å². The van der Waals surface area contributed by atoms with Gasteiger partial charge in [-0.3, -0.25) is 4.79 Å². The predicted octanol–water partition coefficient (Wildman–Crippen LogP) is 4.60. The summed E-state index contributed by atoms with van der Waals surface area (Å²) in [4.78, 5) is 20.8. The number of aliphatic hydroxyl groups excluding tert-OH is 1. The van der Waals surface area contributed by atoms with E-state index in [2.05, 4.69) is 22.4 Å². The van der Waals surface area contributed by atoms with Crippen LogP contribution < -0.4 is 14.8 Å². The third-order valence-electron chi connectivity index (χ3n) is 6.71. The maximum Gasteiger partial charge on any atom is 0.258 e. The molecule has 0 spiro atoms. The maximum atomic E-state index is 11.5. The van der Waals surface area contributed by atoms with Crippen molar-refractivity contribution in [1.82, 2.24) is 20.4 Å². The van der Waals surface area contributed by atoms with Crippen molar-refractivity contribution in [3.63, 3.8) is 0 Å². The van der Waals surface area contributed by atoms with Crippen LogP contribution in [0.4, 0.5) is 0 Å². The summed E-state index contributed by atoms with van der Waals surface area (Å²) in [5.41, 5.74) is 4.70. The molecule has 198 valence electrons. The second-order valence-electron chi connectivity index (χ2n) is 9.53. The van der Waals surface area contributed by atoms with Gasteiger partial charge in [0.05, 0.1) is 13.7 Å². The van der Waals surface area contributed by atoms with E-state index in [0.29, 0.717) is 43.1 Å². The Morgan fingerprint density at radius 3 is 2.68 bits per heavy atom. The van der Waals surface area contributed by atoms with Crippen LogP contribution in [0.3, 0.4) is 0 Å². The number of rotatable bonds is 11. The minimum Gasteiger partial charge on any atom is -0.493 e. The van der Waals surface area contributed by atoms with E-state index in [1.165, 1.54) is 19.8 Å². The van der Waals surface area contributed by atoms with Crippen LogP contribution in [0, 0.1) is 6.92 Å². The van der Waals surface area contributed by atoms with Crippen LogP contribution >= 0.6 is 0 Å². The standard InChI is InChI=1S/C28H36N4O5/c1-5-19-14-21(13-17(2)25(19)36-12-8-11-29-27(34)18(3)33)26-31-28(37-32-26)22-15-23(20-9-6-7-10-20)30-24(16-22)35-4/h13-16,18,20,33H,5-12H2,1-4H3,(H,29,34). The number of hydrogen-bond acceptors (Lipinski definition) is 8. The zero-order valence-electron chi connectivity index (χ0n) is 22.0. The number of carbonyl (C=O) groups excluding carboxylic acids is 1. The smallest absolute Gasteiger partial charge is 0.258 e. The number of aromatic nitrogens is 3. The lowest BCUT2D eigenvalue weighted by atomic mass is 10.0. The van der Waals surface area contributed by atoms with E-state index >= 15 is 0 Å². The average Bonchev–Trinajstić information content (AvgIpc) is 3.61. The Morgan fingerprint density at radius 2 is 1.97 bits per heavy atom. The predicted molar refractivity (Wildman–Crippen MR) is 140 cm³/mol. The molecule has 0 aliphatic heterocycles. The second-order valence-corrected chi connectivity index (χ2v) is 9.53. The lowest BCUT2D eigenvalue weighted by Crippen LogP contribution is -2.33. The van der Waals surface area contributed by atoms with Crippen molar-refractivity contribution in [2.24, 2.45) is 0 Å². The van der Waals surface area contributed by atoms with Gasteiger partial charge in [0, 0.05) is 35.3 Å². The molecule has 1 unspecified atom stereocenters. The zero-order chi connectivity index (χ0) is 26.4. The van der Waals surface area contributed by atoms with Crippen LogP contribution in [0.25, 0.3) is 22.8 Å². The zero-order valence-corrected chi connectivity index (χ0v) is 22.0. The van der Waals surface area contributed by atoms with E-state index in [9.17, 15) is 9.90 Å². The van der Waals surface area contributed by atoms with E-state index in [1.807, 2.05) is 31.2 Å². The van der Waals surface area contributed by atoms with E-state index in [0.717, 1.165) is 53.0 Å². The number of hydrogen-bond donors (Lipinski definition) is 2. The summed E-state index contributed by atoms with van der Waals surface area (Å²) >= 11 is 0. The average molecular weight is 509 g/mol. The van der Waals surface area contributed by atoms with Gasteiger partial charge in [-0.25, -0.2) is 4.98 Å². The number of carbonyl (C=O) groups is 1. The molecule has 37 heavy (non-hydrogen) atoms. The van der Waals surface area contributed by atoms with Gasteiger partial charge in [-0.2, -0.15) is 4.98 Å². The van der Waals surface area contributed by atoms with Crippen LogP contribution in [0.2, 0.25) is 0 Å². The molecule has 1 fully saturated rings. The van der Waals surface area contributed by atoms with E-state index < -0.39 is 6.10 Å². The molecular formula is C28H36N4O5. The van der Waals surface area contributed by atoms with Crippen LogP contribution in [-0.4, -0.2) is 52.5 Å². The molecule has 0 bridgehead atoms. The number of nitrogens with one attached hydrogen (secondary N) is 1. The summed E-state index contributed by atoms with van der Waals surface area (Å²) < 4.78 is 17.2. The summed E-state index contributed by atoms with van der Waals surface area (Å²) in [6.45, 7) is 6.40. The molecule has 1 aromatic carbocycles. The first-order valence-electron chi connectivity index (χ1n) is 13.0. The fourth-order valence-electron chi connectivity index (χ4n) is 4.69. The molecule has 2 aromatic heterocycles. The van der Waals surface area contributed by atoms with E-state index in [-0.39, 0.29) is 5.91 Å². The van der Waals surface area contributed by atoms with Crippen molar-refractivity contribution in [2.75, 3.05) is 20.3 Å². The highest BCUT2D eigenvalue weighted by molar-refractivity contribution is 5.79. The van der Waals surface area contributed by atoms with Gasteiger partial charge < -0.3 is 24.4 Å². The number of methoxy groups -OCH3 is 1. The molecule has 2 N–H and O–H groups in total. The summed E-state index contributed by atoms with van der Waals surface area (Å²) in [6.07, 6.45) is 5.12. The lowest BCUT2D eigenvalue weighted by Gasteiger charge is -2.15. The molecule has 2 heterocycles. The minimum absolute atomic E-state index is 0.380. The molecule has 9 heteroatoms. The topological polar surface area (TPSA) is 120 Å². The number of aryl methyl sites for hydroxylation is 2. The molecule has 0 saturated heterocycles. The molecule has 1 amide bonds. The molecule has 3 aromatic rings. The Kier molecular flexibility index (Phi) is 8.76. The Hall–Kier alpha value is -3.46. The molecule has 4 rings (SSSR count). The van der Waals surface area contributed by atoms with Crippen LogP contribution in [0.5, 0.6) is 11.6 Å². The van der Waals surface area contributed by atoms with E-state index in [4.69, 9.17) is 19.0 Å². The molecule has 0 radical (unpaired) electrons. The van der Waals surface area contributed by atoms with Crippen molar-refractivity contribution in [3.05, 3.63) is 41.1 Å². The molecule has 1 saturated carbocycles. The summed E-state index contributed by atoms with van der Waals surface area (Å²) in [7, 11) is 1.62. The first-order valence-corrected chi connectivity index (χ1v) is 13.0. The quantitative estimate of drug-likeness (QED) is 0.361. The molecule has 9 nitrogen and oxygen atoms in total. The third-order valence-corrected chi connectivity index (χ3v) is 6.71. The number of pyridine rings is 1. The fraction of sp³-hybridized carbons (Fsp3) is 0.500. The highest BCUT2D eigenvalue weighted by atomic mass is 16.5. The maximum absolute atomic E-state index is 11.5. The number of aliphatic hydroxyl groups is 1. The normalized spacial score (nSPS) is 14.5. The fourth-order valence-corrected chi connectivity index (χ4v) is 4.69. The monoisotopic (exact) mass is 508 g/mol. The Morgan fingerprint density at radius 1 is 1.19 bits per heavy atom. The highest BCUT2D eigenvalue weighted by Gasteiger charge is 2.22. The first-order chi connectivity index (χ1) is 17.9. The SMILES string of the molecule is CCc1cc(-c2noc(-c3cc(OC)nc(C4CCCC4)c3)n2)cc(C)c1OCCCNC(=O)C(C)O. The van der Waals surface area contributed by atoms with Gasteiger partial charge in [-0.05, 0) is 68.9 Å².